The second kappa shape index (κ2) is 8.13. The summed E-state index contributed by atoms with van der Waals surface area (Å²) in [5, 5.41) is 11.2. The molecule has 0 bridgehead atoms. The third kappa shape index (κ3) is 4.11. The Morgan fingerprint density at radius 1 is 1.24 bits per heavy atom. The van der Waals surface area contributed by atoms with Gasteiger partial charge in [0.1, 0.15) is 11.3 Å². The molecule has 0 spiro atoms. The summed E-state index contributed by atoms with van der Waals surface area (Å²) in [6.45, 7) is 10.1. The summed E-state index contributed by atoms with van der Waals surface area (Å²) >= 11 is 0. The summed E-state index contributed by atoms with van der Waals surface area (Å²) in [6.07, 6.45) is 1.15. The van der Waals surface area contributed by atoms with Crippen molar-refractivity contribution in [1.82, 2.24) is 14.8 Å². The molecule has 1 aromatic heterocycles. The van der Waals surface area contributed by atoms with Gasteiger partial charge >= 0.3 is 0 Å². The van der Waals surface area contributed by atoms with Crippen LogP contribution >= 0.6 is 0 Å². The number of benzene rings is 1. The molecule has 1 saturated heterocycles. The minimum absolute atomic E-state index is 0.262. The number of piperazine rings is 1. The topological polar surface area (TPSA) is 48.8 Å². The Morgan fingerprint density at radius 2 is 2.08 bits per heavy atom. The molecule has 25 heavy (non-hydrogen) atoms. The first kappa shape index (κ1) is 18.1. The third-order valence-electron chi connectivity index (χ3n) is 5.20. The lowest BCUT2D eigenvalue weighted by Crippen LogP contribution is -2.53. The van der Waals surface area contributed by atoms with Crippen LogP contribution in [0.15, 0.2) is 24.3 Å². The fraction of sp³-hybridized carbons (Fsp3) is 0.550. The molecule has 1 fully saturated rings. The smallest absolute Gasteiger partial charge is 0.141 e. The van der Waals surface area contributed by atoms with E-state index < -0.39 is 0 Å². The van der Waals surface area contributed by atoms with Crippen LogP contribution in [0.2, 0.25) is 0 Å². The largest absolute Gasteiger partial charge is 0.506 e. The molecule has 1 aromatic carbocycles. The van der Waals surface area contributed by atoms with E-state index in [-0.39, 0.29) is 5.75 Å². The Hall–Kier alpha value is -1.69. The van der Waals surface area contributed by atoms with E-state index >= 15 is 0 Å². The molecule has 136 valence electrons. The molecule has 0 radical (unpaired) electrons. The molecule has 3 rings (SSSR count). The van der Waals surface area contributed by atoms with Crippen molar-refractivity contribution in [1.29, 1.82) is 0 Å². The summed E-state index contributed by atoms with van der Waals surface area (Å²) < 4.78 is 5.24. The number of rotatable bonds is 6. The summed E-state index contributed by atoms with van der Waals surface area (Å²) in [4.78, 5) is 9.57. The van der Waals surface area contributed by atoms with Crippen molar-refractivity contribution in [3.8, 4) is 5.75 Å². The molecule has 5 heteroatoms. The number of aromatic nitrogens is 1. The number of aryl methyl sites for hydroxylation is 1. The van der Waals surface area contributed by atoms with Crippen LogP contribution in [0.25, 0.3) is 10.9 Å². The number of phenols is 1. The monoisotopic (exact) mass is 343 g/mol. The fourth-order valence-electron chi connectivity index (χ4n) is 3.73. The Bertz CT molecular complexity index is 719. The van der Waals surface area contributed by atoms with Gasteiger partial charge in [0.15, 0.2) is 0 Å². The van der Waals surface area contributed by atoms with E-state index in [1.807, 2.05) is 19.1 Å². The number of hydrogen-bond acceptors (Lipinski definition) is 5. The van der Waals surface area contributed by atoms with Gasteiger partial charge in [-0.05, 0) is 31.0 Å². The van der Waals surface area contributed by atoms with Crippen molar-refractivity contribution in [3.63, 3.8) is 0 Å². The number of pyridine rings is 1. The van der Waals surface area contributed by atoms with E-state index in [9.17, 15) is 5.11 Å². The van der Waals surface area contributed by atoms with Gasteiger partial charge in [-0.2, -0.15) is 0 Å². The van der Waals surface area contributed by atoms with E-state index in [4.69, 9.17) is 4.74 Å². The summed E-state index contributed by atoms with van der Waals surface area (Å²) in [6, 6.07) is 8.48. The minimum atomic E-state index is 0.262. The molecule has 1 N–H and O–H groups in total. The summed E-state index contributed by atoms with van der Waals surface area (Å²) in [5.41, 5.74) is 2.88. The molecule has 1 aliphatic heterocycles. The molecule has 0 unspecified atom stereocenters. The molecule has 2 aromatic rings. The first-order chi connectivity index (χ1) is 12.1. The van der Waals surface area contributed by atoms with Gasteiger partial charge in [-0.3, -0.25) is 9.80 Å². The number of fused-ring (bicyclic) bond motifs is 1. The average molecular weight is 343 g/mol. The highest BCUT2D eigenvalue weighted by molar-refractivity contribution is 5.87. The summed E-state index contributed by atoms with van der Waals surface area (Å²) in [7, 11) is 1.77. The zero-order valence-corrected chi connectivity index (χ0v) is 15.5. The van der Waals surface area contributed by atoms with E-state index in [1.54, 1.807) is 13.2 Å². The van der Waals surface area contributed by atoms with Crippen LogP contribution in [-0.2, 0) is 11.3 Å². The zero-order chi connectivity index (χ0) is 17.8. The predicted octanol–water partition coefficient (Wildman–Crippen LogP) is 2.79. The third-order valence-corrected chi connectivity index (χ3v) is 5.20. The van der Waals surface area contributed by atoms with Crippen LogP contribution in [0, 0.1) is 6.92 Å². The van der Waals surface area contributed by atoms with E-state index in [2.05, 4.69) is 27.8 Å². The molecule has 2 heterocycles. The van der Waals surface area contributed by atoms with Gasteiger partial charge in [0.2, 0.25) is 0 Å². The Labute approximate surface area is 150 Å². The molecule has 0 amide bonds. The van der Waals surface area contributed by atoms with Gasteiger partial charge in [0.05, 0.1) is 6.61 Å². The molecular formula is C20H29N3O2. The van der Waals surface area contributed by atoms with Gasteiger partial charge in [0.25, 0.3) is 0 Å². The van der Waals surface area contributed by atoms with Crippen LogP contribution in [0.3, 0.4) is 0 Å². The lowest BCUT2D eigenvalue weighted by molar-refractivity contribution is 0.0467. The first-order valence-electron chi connectivity index (χ1n) is 9.16. The Kier molecular flexibility index (Phi) is 5.89. The number of aromatic hydroxyl groups is 1. The maximum absolute atomic E-state index is 10.1. The zero-order valence-electron chi connectivity index (χ0n) is 15.5. The van der Waals surface area contributed by atoms with Crippen molar-refractivity contribution in [3.05, 3.63) is 35.5 Å². The Morgan fingerprint density at radius 3 is 2.84 bits per heavy atom. The maximum Gasteiger partial charge on any atom is 0.141 e. The van der Waals surface area contributed by atoms with Crippen molar-refractivity contribution >= 4 is 10.9 Å². The molecule has 5 nitrogen and oxygen atoms in total. The fourth-order valence-corrected chi connectivity index (χ4v) is 3.73. The van der Waals surface area contributed by atoms with Crippen LogP contribution < -0.4 is 0 Å². The first-order valence-corrected chi connectivity index (χ1v) is 9.16. The van der Waals surface area contributed by atoms with E-state index in [0.717, 1.165) is 56.8 Å². The second-order valence-corrected chi connectivity index (χ2v) is 6.92. The van der Waals surface area contributed by atoms with Crippen molar-refractivity contribution in [2.45, 2.75) is 32.9 Å². The highest BCUT2D eigenvalue weighted by Gasteiger charge is 2.25. The van der Waals surface area contributed by atoms with Crippen LogP contribution in [0.1, 0.15) is 24.6 Å². The van der Waals surface area contributed by atoms with Gasteiger partial charge in [0, 0.05) is 57.0 Å². The maximum atomic E-state index is 10.1. The molecule has 0 aliphatic carbocycles. The highest BCUT2D eigenvalue weighted by Crippen LogP contribution is 2.27. The number of ether oxygens (including phenoxy) is 1. The lowest BCUT2D eigenvalue weighted by atomic mass is 10.0. The lowest BCUT2D eigenvalue weighted by Gasteiger charge is -2.41. The SMILES string of the molecule is CC[C@@H]1CN(Cc2ccc(O)c3nc(C)ccc23)CCN1CCOC. The van der Waals surface area contributed by atoms with Gasteiger partial charge in [-0.1, -0.05) is 19.1 Å². The number of phenolic OH excluding ortho intramolecular Hbond substituents is 1. The Balaban J connectivity index is 1.75. The quantitative estimate of drug-likeness (QED) is 0.874. The van der Waals surface area contributed by atoms with Crippen molar-refractivity contribution in [2.24, 2.45) is 0 Å². The predicted molar refractivity (Wildman–Crippen MR) is 101 cm³/mol. The standard InChI is InChI=1S/C20H29N3O2/c1-4-17-14-22(9-10-23(17)11-12-25-3)13-16-6-8-19(24)20-18(16)7-5-15(2)21-20/h5-8,17,24H,4,9-14H2,1-3H3/t17-/m1/s1. The number of nitrogens with zero attached hydrogens (tertiary/aromatic N) is 3. The summed E-state index contributed by atoms with van der Waals surface area (Å²) in [5.74, 6) is 0.262. The van der Waals surface area contributed by atoms with Crippen LogP contribution in [0.4, 0.5) is 0 Å². The highest BCUT2D eigenvalue weighted by atomic mass is 16.5. The van der Waals surface area contributed by atoms with Crippen molar-refractivity contribution in [2.75, 3.05) is 39.9 Å². The molecule has 1 aliphatic rings. The molecule has 0 saturated carbocycles. The van der Waals surface area contributed by atoms with Gasteiger partial charge in [-0.15, -0.1) is 0 Å². The van der Waals surface area contributed by atoms with Crippen molar-refractivity contribution < 1.29 is 9.84 Å². The van der Waals surface area contributed by atoms with E-state index in [1.165, 1.54) is 5.56 Å². The normalized spacial score (nSPS) is 19.6. The molecular weight excluding hydrogens is 314 g/mol. The van der Waals surface area contributed by atoms with Gasteiger partial charge in [-0.25, -0.2) is 4.98 Å². The minimum Gasteiger partial charge on any atom is -0.506 e. The average Bonchev–Trinajstić information content (AvgIpc) is 2.63. The van der Waals surface area contributed by atoms with E-state index in [0.29, 0.717) is 11.6 Å². The number of methoxy groups -OCH3 is 1. The second-order valence-electron chi connectivity index (χ2n) is 6.92. The van der Waals surface area contributed by atoms with Crippen LogP contribution in [0.5, 0.6) is 5.75 Å². The number of hydrogen-bond donors (Lipinski definition) is 1. The van der Waals surface area contributed by atoms with Crippen LogP contribution in [-0.4, -0.2) is 65.8 Å². The molecule has 1 atom stereocenters. The van der Waals surface area contributed by atoms with Gasteiger partial charge < -0.3 is 9.84 Å².